The van der Waals surface area contributed by atoms with Crippen LogP contribution in [0.15, 0.2) is 0 Å². The molecule has 2 bridgehead atoms. The predicted octanol–water partition coefficient (Wildman–Crippen LogP) is 2.47. The fourth-order valence-electron chi connectivity index (χ4n) is 2.91. The summed E-state index contributed by atoms with van der Waals surface area (Å²) in [6.07, 6.45) is 2.51. The second kappa shape index (κ2) is 2.70. The van der Waals surface area contributed by atoms with Crippen molar-refractivity contribution in [3.8, 4) is 0 Å². The van der Waals surface area contributed by atoms with E-state index in [1.54, 1.807) is 0 Å². The first-order valence-corrected chi connectivity index (χ1v) is 6.38. The van der Waals surface area contributed by atoms with Gasteiger partial charge in [0.15, 0.2) is 5.78 Å². The molecule has 14 heavy (non-hydrogen) atoms. The molecule has 0 N–H and O–H groups in total. The molecule has 0 aromatic rings. The molecule has 2 saturated carbocycles. The molecule has 0 aromatic heterocycles. The summed E-state index contributed by atoms with van der Waals surface area (Å²) < 4.78 is -0.516. The SMILES string of the molecule is CC1(C)C(=O)[C@]2(Br)CC[C@@]1(C=O)[C@@H]2Br. The van der Waals surface area contributed by atoms with Gasteiger partial charge in [-0.25, -0.2) is 0 Å². The number of aldehydes is 1. The Balaban J connectivity index is 2.64. The highest BCUT2D eigenvalue weighted by molar-refractivity contribution is 9.13. The summed E-state index contributed by atoms with van der Waals surface area (Å²) in [6, 6.07) is 0. The van der Waals surface area contributed by atoms with Crippen LogP contribution in [0.1, 0.15) is 26.7 Å². The van der Waals surface area contributed by atoms with Crippen molar-refractivity contribution in [1.82, 2.24) is 0 Å². The quantitative estimate of drug-likeness (QED) is 0.549. The molecule has 2 aliphatic rings. The smallest absolute Gasteiger partial charge is 0.157 e. The topological polar surface area (TPSA) is 34.1 Å². The van der Waals surface area contributed by atoms with Crippen LogP contribution in [0.25, 0.3) is 0 Å². The third-order valence-corrected chi connectivity index (χ3v) is 7.50. The highest BCUT2D eigenvalue weighted by Crippen LogP contribution is 2.68. The van der Waals surface area contributed by atoms with Crippen molar-refractivity contribution in [3.05, 3.63) is 0 Å². The lowest BCUT2D eigenvalue weighted by atomic mass is 9.65. The van der Waals surface area contributed by atoms with Gasteiger partial charge in [-0.05, 0) is 12.8 Å². The molecular formula is C10H12Br2O2. The molecule has 4 heteroatoms. The predicted molar refractivity (Wildman–Crippen MR) is 60.9 cm³/mol. The number of ketones is 1. The van der Waals surface area contributed by atoms with Crippen molar-refractivity contribution in [2.24, 2.45) is 10.8 Å². The molecule has 0 aromatic carbocycles. The van der Waals surface area contributed by atoms with Gasteiger partial charge in [-0.15, -0.1) is 0 Å². The number of alkyl halides is 2. The van der Waals surface area contributed by atoms with E-state index in [0.29, 0.717) is 0 Å². The first-order chi connectivity index (χ1) is 6.33. The molecule has 0 amide bonds. The van der Waals surface area contributed by atoms with Crippen molar-refractivity contribution < 1.29 is 9.59 Å². The van der Waals surface area contributed by atoms with Crippen LogP contribution in [0.2, 0.25) is 0 Å². The molecule has 0 heterocycles. The molecule has 0 aliphatic heterocycles. The van der Waals surface area contributed by atoms with E-state index in [1.165, 1.54) is 0 Å². The van der Waals surface area contributed by atoms with Crippen LogP contribution in [-0.4, -0.2) is 21.2 Å². The molecule has 78 valence electrons. The summed E-state index contributed by atoms with van der Waals surface area (Å²) in [4.78, 5) is 23.4. The summed E-state index contributed by atoms with van der Waals surface area (Å²) in [5, 5.41) is 0. The van der Waals surface area contributed by atoms with Crippen LogP contribution >= 0.6 is 31.9 Å². The Morgan fingerprint density at radius 3 is 2.29 bits per heavy atom. The molecule has 2 aliphatic carbocycles. The van der Waals surface area contributed by atoms with Gasteiger partial charge < -0.3 is 4.79 Å². The maximum absolute atomic E-state index is 12.1. The molecule has 0 unspecified atom stereocenters. The van der Waals surface area contributed by atoms with Gasteiger partial charge in [0.1, 0.15) is 6.29 Å². The van der Waals surface area contributed by atoms with E-state index < -0.39 is 15.2 Å². The Hall–Kier alpha value is 0.300. The van der Waals surface area contributed by atoms with Crippen LogP contribution in [0.4, 0.5) is 0 Å². The molecule has 0 saturated heterocycles. The normalized spacial score (nSPS) is 49.7. The Morgan fingerprint density at radius 2 is 2.00 bits per heavy atom. The number of rotatable bonds is 1. The number of carbonyl (C=O) groups is 2. The van der Waals surface area contributed by atoms with Gasteiger partial charge in [0, 0.05) is 5.41 Å². The fraction of sp³-hybridized carbons (Fsp3) is 0.800. The minimum absolute atomic E-state index is 0.0671. The van der Waals surface area contributed by atoms with Gasteiger partial charge in [-0.3, -0.25) is 4.79 Å². The Bertz CT molecular complexity index is 326. The molecule has 0 spiro atoms. The summed E-state index contributed by atoms with van der Waals surface area (Å²) in [6.45, 7) is 3.75. The summed E-state index contributed by atoms with van der Waals surface area (Å²) in [5.74, 6) is 0.158. The number of halogens is 2. The van der Waals surface area contributed by atoms with Crippen molar-refractivity contribution in [2.75, 3.05) is 0 Å². The summed E-state index contributed by atoms with van der Waals surface area (Å²) in [7, 11) is 0. The van der Waals surface area contributed by atoms with Crippen LogP contribution in [0.3, 0.4) is 0 Å². The number of Topliss-reactive ketones (excluding diaryl/α,β-unsaturated/α-hetero) is 1. The minimum Gasteiger partial charge on any atom is -0.303 e. The summed E-state index contributed by atoms with van der Waals surface area (Å²) in [5.41, 5.74) is -1.07. The maximum atomic E-state index is 12.1. The average Bonchev–Trinajstić information content (AvgIpc) is 2.45. The van der Waals surface area contributed by atoms with E-state index >= 15 is 0 Å². The van der Waals surface area contributed by atoms with Gasteiger partial charge >= 0.3 is 0 Å². The maximum Gasteiger partial charge on any atom is 0.157 e. The second-order valence-electron chi connectivity index (χ2n) is 4.84. The second-order valence-corrected chi connectivity index (χ2v) is 7.17. The van der Waals surface area contributed by atoms with Crippen LogP contribution in [0.5, 0.6) is 0 Å². The number of carbonyl (C=O) groups excluding carboxylic acids is 2. The van der Waals surface area contributed by atoms with E-state index in [9.17, 15) is 9.59 Å². The standard InChI is InChI=1S/C10H12Br2O2/c1-8(2)7(14)10(12)4-3-9(8,5-13)6(10)11/h5-6H,3-4H2,1-2H3/t6-,9+,10-/m0/s1. The first kappa shape index (κ1) is 10.8. The van der Waals surface area contributed by atoms with Crippen molar-refractivity contribution in [2.45, 2.75) is 35.8 Å². The lowest BCUT2D eigenvalue weighted by Gasteiger charge is -2.36. The number of hydrogen-bond acceptors (Lipinski definition) is 2. The molecule has 2 nitrogen and oxygen atoms in total. The van der Waals surface area contributed by atoms with Gasteiger partial charge in [0.05, 0.1) is 14.6 Å². The third-order valence-electron chi connectivity index (χ3n) is 4.08. The van der Waals surface area contributed by atoms with Crippen LogP contribution in [0, 0.1) is 10.8 Å². The van der Waals surface area contributed by atoms with Crippen molar-refractivity contribution in [1.29, 1.82) is 0 Å². The van der Waals surface area contributed by atoms with E-state index in [1.807, 2.05) is 13.8 Å². The molecule has 3 atom stereocenters. The third kappa shape index (κ3) is 0.838. The van der Waals surface area contributed by atoms with Crippen LogP contribution < -0.4 is 0 Å². The highest BCUT2D eigenvalue weighted by atomic mass is 79.9. The Kier molecular flexibility index (Phi) is 2.08. The lowest BCUT2D eigenvalue weighted by Crippen LogP contribution is -2.43. The molecule has 0 radical (unpaired) electrons. The van der Waals surface area contributed by atoms with Gasteiger partial charge in [0.25, 0.3) is 0 Å². The first-order valence-electron chi connectivity index (χ1n) is 4.67. The van der Waals surface area contributed by atoms with Gasteiger partial charge in [-0.1, -0.05) is 45.7 Å². The zero-order valence-electron chi connectivity index (χ0n) is 8.14. The number of fused-ring (bicyclic) bond motifs is 2. The van der Waals surface area contributed by atoms with E-state index in [2.05, 4.69) is 31.9 Å². The Labute approximate surface area is 100 Å². The van der Waals surface area contributed by atoms with E-state index in [-0.39, 0.29) is 10.6 Å². The fourth-order valence-corrected chi connectivity index (χ4v) is 5.35. The monoisotopic (exact) mass is 322 g/mol. The van der Waals surface area contributed by atoms with E-state index in [4.69, 9.17) is 0 Å². The molecule has 2 fully saturated rings. The molecular weight excluding hydrogens is 312 g/mol. The summed E-state index contributed by atoms with van der Waals surface area (Å²) >= 11 is 7.04. The zero-order valence-corrected chi connectivity index (χ0v) is 11.3. The largest absolute Gasteiger partial charge is 0.303 e. The van der Waals surface area contributed by atoms with Crippen molar-refractivity contribution in [3.63, 3.8) is 0 Å². The molecule has 2 rings (SSSR count). The average molecular weight is 324 g/mol. The van der Waals surface area contributed by atoms with Crippen molar-refractivity contribution >= 4 is 43.9 Å². The zero-order chi connectivity index (χ0) is 10.8. The van der Waals surface area contributed by atoms with Gasteiger partial charge in [0.2, 0.25) is 0 Å². The minimum atomic E-state index is -0.551. The Morgan fingerprint density at radius 1 is 1.43 bits per heavy atom. The number of hydrogen-bond donors (Lipinski definition) is 0. The van der Waals surface area contributed by atoms with Gasteiger partial charge in [-0.2, -0.15) is 0 Å². The highest BCUT2D eigenvalue weighted by Gasteiger charge is 2.74. The van der Waals surface area contributed by atoms with E-state index in [0.717, 1.165) is 19.1 Å². The lowest BCUT2D eigenvalue weighted by molar-refractivity contribution is -0.136. The van der Waals surface area contributed by atoms with Crippen LogP contribution in [-0.2, 0) is 9.59 Å².